The van der Waals surface area contributed by atoms with Crippen LogP contribution in [0.2, 0.25) is 0 Å². The summed E-state index contributed by atoms with van der Waals surface area (Å²) in [4.78, 5) is 5.52. The van der Waals surface area contributed by atoms with Gasteiger partial charge in [-0.1, -0.05) is 69.9 Å². The smallest absolute Gasteiger partial charge is 0.364 e. The van der Waals surface area contributed by atoms with Gasteiger partial charge in [0.2, 0.25) is 0 Å². The molecule has 4 fully saturated rings. The second kappa shape index (κ2) is 8.54. The zero-order valence-electron chi connectivity index (χ0n) is 21.6. The summed E-state index contributed by atoms with van der Waals surface area (Å²) in [5.41, 5.74) is 1.11. The molecular weight excluding hydrogens is 452 g/mol. The topological polar surface area (TPSA) is 82.1 Å². The summed E-state index contributed by atoms with van der Waals surface area (Å²) in [5, 5.41) is 11.0. The van der Waals surface area contributed by atoms with Crippen molar-refractivity contribution in [1.29, 1.82) is 0 Å². The molecule has 194 valence electrons. The van der Waals surface area contributed by atoms with Crippen LogP contribution in [0.25, 0.3) is 0 Å². The van der Waals surface area contributed by atoms with Crippen molar-refractivity contribution in [3.8, 4) is 0 Å². The lowest BCUT2D eigenvalue weighted by Crippen LogP contribution is -2.58. The Morgan fingerprint density at radius 3 is 2.62 bits per heavy atom. The number of hydrogen-bond donors (Lipinski definition) is 1. The normalized spacial score (nSPS) is 48.3. The van der Waals surface area contributed by atoms with Crippen molar-refractivity contribution in [2.24, 2.45) is 46.3 Å². The van der Waals surface area contributed by atoms with E-state index < -0.39 is 22.3 Å². The zero-order valence-corrected chi connectivity index (χ0v) is 22.4. The van der Waals surface area contributed by atoms with Gasteiger partial charge in [0.05, 0.1) is 0 Å². The van der Waals surface area contributed by atoms with E-state index in [1.807, 2.05) is 0 Å². The van der Waals surface area contributed by atoms with Crippen molar-refractivity contribution < 1.29 is 26.9 Å². The third kappa shape index (κ3) is 4.02. The minimum absolute atomic E-state index is 0.112. The van der Waals surface area contributed by atoms with Crippen LogP contribution < -0.4 is 0 Å². The molecule has 5 aliphatic rings. The Kier molecular flexibility index (Phi) is 6.33. The maximum absolute atomic E-state index is 12.1. The Labute approximate surface area is 206 Å². The van der Waals surface area contributed by atoms with Crippen molar-refractivity contribution >= 4 is 10.4 Å². The molecule has 34 heavy (non-hydrogen) atoms. The highest BCUT2D eigenvalue weighted by atomic mass is 32.3. The molecule has 1 unspecified atom stereocenters. The summed E-state index contributed by atoms with van der Waals surface area (Å²) in [6.45, 7) is 11.9. The average molecular weight is 497 g/mol. The summed E-state index contributed by atoms with van der Waals surface area (Å²) in [6.07, 6.45) is 12.0. The van der Waals surface area contributed by atoms with E-state index in [0.29, 0.717) is 23.2 Å². The van der Waals surface area contributed by atoms with Crippen LogP contribution in [0.3, 0.4) is 0 Å². The van der Waals surface area contributed by atoms with Gasteiger partial charge in [0.15, 0.2) is 5.79 Å². The van der Waals surface area contributed by atoms with Crippen LogP contribution in [0.15, 0.2) is 11.6 Å². The Morgan fingerprint density at radius 1 is 1.12 bits per heavy atom. The molecule has 9 atom stereocenters. The highest BCUT2D eigenvalue weighted by Gasteiger charge is 2.64. The molecule has 5 rings (SSSR count). The Bertz CT molecular complexity index is 929. The van der Waals surface area contributed by atoms with Gasteiger partial charge in [0, 0.05) is 18.3 Å². The van der Waals surface area contributed by atoms with Crippen molar-refractivity contribution in [2.45, 2.75) is 111 Å². The number of aliphatic hydroxyl groups is 1. The third-order valence-corrected chi connectivity index (χ3v) is 11.6. The van der Waals surface area contributed by atoms with E-state index in [1.54, 1.807) is 0 Å². The monoisotopic (exact) mass is 496 g/mol. The lowest BCUT2D eigenvalue weighted by atomic mass is 9.46. The standard InChI is InChI=1S/C27H44O6S/c1-17(2)7-6-8-18(3)21-11-12-22-20-10-9-19-15-27(28)16-24(31-33-34(29,30)32-27)26(19,5)23(20)13-14-25(21,22)4/h9,17-18,20-24,28H,6-8,10-16H2,1-5H3/t18-,20+,21-,22+,23+,24?,25-,26+,27+/m1/s1. The Hall–Kier alpha value is -0.470. The van der Waals surface area contributed by atoms with E-state index in [1.165, 1.54) is 38.5 Å². The van der Waals surface area contributed by atoms with Gasteiger partial charge >= 0.3 is 10.4 Å². The molecule has 3 saturated carbocycles. The maximum Gasteiger partial charge on any atom is 0.429 e. The number of hydrogen-bond acceptors (Lipinski definition) is 6. The molecule has 0 aromatic rings. The summed E-state index contributed by atoms with van der Waals surface area (Å²) in [5.74, 6) is 2.20. The van der Waals surface area contributed by atoms with Crippen LogP contribution in [-0.4, -0.2) is 25.4 Å². The van der Waals surface area contributed by atoms with E-state index >= 15 is 0 Å². The van der Waals surface area contributed by atoms with Crippen LogP contribution >= 0.6 is 0 Å². The first kappa shape index (κ1) is 25.2. The molecule has 0 aromatic carbocycles. The molecule has 2 bridgehead atoms. The molecule has 1 N–H and O–H groups in total. The van der Waals surface area contributed by atoms with Gasteiger partial charge in [0.1, 0.15) is 6.10 Å². The molecule has 0 radical (unpaired) electrons. The fraction of sp³-hybridized carbons (Fsp3) is 0.926. The number of allylic oxidation sites excluding steroid dienone is 1. The molecule has 1 saturated heterocycles. The maximum atomic E-state index is 12.1. The average Bonchev–Trinajstić information content (AvgIpc) is 3.04. The van der Waals surface area contributed by atoms with Crippen molar-refractivity contribution in [1.82, 2.24) is 0 Å². The van der Waals surface area contributed by atoms with Crippen LogP contribution in [-0.2, 0) is 23.8 Å². The summed E-state index contributed by atoms with van der Waals surface area (Å²) < 4.78 is 33.9. The van der Waals surface area contributed by atoms with Gasteiger partial charge in [-0.15, -0.1) is 0 Å². The molecular formula is C27H44O6S. The van der Waals surface area contributed by atoms with E-state index in [4.69, 9.17) is 13.4 Å². The SMILES string of the molecule is CC(C)CCC[C@@H](C)[C@H]1CC[C@H]2[C@@H]3CC=C4C[C@@]5(O)CC(OOS(=O)(=O)O5)[C@]4(C)[C@H]3CC[C@]12C. The molecule has 0 aromatic heterocycles. The Balaban J connectivity index is 1.39. The van der Waals surface area contributed by atoms with Crippen LogP contribution in [0.4, 0.5) is 0 Å². The van der Waals surface area contributed by atoms with Crippen LogP contribution in [0.1, 0.15) is 98.8 Å². The second-order valence-electron chi connectivity index (χ2n) is 13.1. The molecule has 0 amide bonds. The van der Waals surface area contributed by atoms with Crippen molar-refractivity contribution in [3.63, 3.8) is 0 Å². The van der Waals surface area contributed by atoms with E-state index in [0.717, 1.165) is 36.2 Å². The van der Waals surface area contributed by atoms with Gasteiger partial charge in [-0.3, -0.25) is 0 Å². The van der Waals surface area contributed by atoms with Crippen LogP contribution in [0, 0.1) is 46.3 Å². The van der Waals surface area contributed by atoms with Crippen molar-refractivity contribution in [2.75, 3.05) is 0 Å². The highest BCUT2D eigenvalue weighted by molar-refractivity contribution is 7.81. The largest absolute Gasteiger partial charge is 0.429 e. The second-order valence-corrected chi connectivity index (χ2v) is 14.2. The molecule has 7 heteroatoms. The predicted molar refractivity (Wildman–Crippen MR) is 129 cm³/mol. The lowest BCUT2D eigenvalue weighted by Gasteiger charge is -2.60. The van der Waals surface area contributed by atoms with Crippen molar-refractivity contribution in [3.05, 3.63) is 11.6 Å². The summed E-state index contributed by atoms with van der Waals surface area (Å²) >= 11 is 0. The van der Waals surface area contributed by atoms with Gasteiger partial charge in [-0.05, 0) is 73.0 Å². The number of rotatable bonds is 5. The molecule has 6 nitrogen and oxygen atoms in total. The fourth-order valence-electron chi connectivity index (χ4n) is 9.20. The minimum Gasteiger partial charge on any atom is -0.364 e. The first-order chi connectivity index (χ1) is 15.9. The van der Waals surface area contributed by atoms with Crippen LogP contribution in [0.5, 0.6) is 0 Å². The molecule has 1 aliphatic heterocycles. The van der Waals surface area contributed by atoms with Gasteiger partial charge in [-0.2, -0.15) is 8.42 Å². The predicted octanol–water partition coefficient (Wildman–Crippen LogP) is 5.92. The highest BCUT2D eigenvalue weighted by Crippen LogP contribution is 2.68. The first-order valence-electron chi connectivity index (χ1n) is 13.6. The van der Waals surface area contributed by atoms with E-state index in [2.05, 4.69) is 40.7 Å². The van der Waals surface area contributed by atoms with Gasteiger partial charge in [0.25, 0.3) is 0 Å². The Morgan fingerprint density at radius 2 is 1.88 bits per heavy atom. The lowest BCUT2D eigenvalue weighted by molar-refractivity contribution is -0.287. The fourth-order valence-corrected chi connectivity index (χ4v) is 9.92. The quantitative estimate of drug-likeness (QED) is 0.376. The van der Waals surface area contributed by atoms with E-state index in [9.17, 15) is 13.5 Å². The summed E-state index contributed by atoms with van der Waals surface area (Å²) in [7, 11) is -4.38. The first-order valence-corrected chi connectivity index (χ1v) is 14.9. The zero-order chi connectivity index (χ0) is 24.5. The molecule has 0 spiro atoms. The third-order valence-electron chi connectivity index (χ3n) is 10.9. The molecule has 1 heterocycles. The summed E-state index contributed by atoms with van der Waals surface area (Å²) in [6, 6.07) is 0. The number of fused-ring (bicyclic) bond motifs is 8. The van der Waals surface area contributed by atoms with Gasteiger partial charge < -0.3 is 5.11 Å². The minimum atomic E-state index is -4.38. The van der Waals surface area contributed by atoms with Gasteiger partial charge in [-0.25, -0.2) is 9.07 Å². The molecule has 4 aliphatic carbocycles. The van der Waals surface area contributed by atoms with E-state index in [-0.39, 0.29) is 18.3 Å².